The average molecular weight is 172 g/mol. The second kappa shape index (κ2) is 3.35. The van der Waals surface area contributed by atoms with Gasteiger partial charge in [0.05, 0.1) is 6.04 Å². The molecule has 1 N–H and O–H groups in total. The molecule has 0 aromatic heterocycles. The Bertz CT molecular complexity index is 316. The summed E-state index contributed by atoms with van der Waals surface area (Å²) in [7, 11) is 0. The van der Waals surface area contributed by atoms with E-state index in [1.54, 1.807) is 6.20 Å². The van der Waals surface area contributed by atoms with Crippen molar-refractivity contribution in [2.45, 2.75) is 6.04 Å². The van der Waals surface area contributed by atoms with E-state index < -0.39 is 0 Å². The van der Waals surface area contributed by atoms with Crippen LogP contribution in [0.4, 0.5) is 0 Å². The molecular weight excluding hydrogens is 160 g/mol. The van der Waals surface area contributed by atoms with Crippen molar-refractivity contribution in [2.24, 2.45) is 0 Å². The molecule has 0 bridgehead atoms. The van der Waals surface area contributed by atoms with E-state index >= 15 is 0 Å². The first-order valence-corrected chi connectivity index (χ1v) is 4.30. The Morgan fingerprint density at radius 1 is 1.31 bits per heavy atom. The van der Waals surface area contributed by atoms with Crippen LogP contribution in [0.15, 0.2) is 55.4 Å². The normalized spacial score (nSPS) is 20.0. The van der Waals surface area contributed by atoms with Crippen LogP contribution in [0, 0.1) is 0 Å². The summed E-state index contributed by atoms with van der Waals surface area (Å²) in [6.07, 6.45) is 5.83. The first kappa shape index (κ1) is 7.92. The van der Waals surface area contributed by atoms with E-state index in [-0.39, 0.29) is 6.04 Å². The molecule has 1 heterocycles. The van der Waals surface area contributed by atoms with Gasteiger partial charge in [0.15, 0.2) is 0 Å². The maximum atomic E-state index is 3.74. The molecule has 1 aromatic carbocycles. The summed E-state index contributed by atoms with van der Waals surface area (Å²) in [5, 5.41) is 1.97. The summed E-state index contributed by atoms with van der Waals surface area (Å²) in [5.74, 6) is 0. The topological polar surface area (TPSA) is 15.3 Å². The van der Waals surface area contributed by atoms with Crippen molar-refractivity contribution in [1.29, 1.82) is 0 Å². The number of hydrogen-bond donors (Lipinski definition) is 1. The first-order chi connectivity index (χ1) is 6.42. The van der Waals surface area contributed by atoms with E-state index in [1.165, 1.54) is 5.56 Å². The van der Waals surface area contributed by atoms with Crippen LogP contribution in [-0.4, -0.2) is 5.01 Å². The van der Waals surface area contributed by atoms with Gasteiger partial charge in [-0.2, -0.15) is 0 Å². The molecule has 0 aliphatic carbocycles. The van der Waals surface area contributed by atoms with Crippen LogP contribution < -0.4 is 5.43 Å². The summed E-state index contributed by atoms with van der Waals surface area (Å²) in [6, 6.07) is 10.6. The highest BCUT2D eigenvalue weighted by Crippen LogP contribution is 2.23. The molecule has 0 saturated carbocycles. The standard InChI is InChI=1S/C11H12N2/c1-2-13-11(8-9-12-13)10-6-4-3-5-7-10/h2-9,11-12H,1H2. The van der Waals surface area contributed by atoms with Gasteiger partial charge in [0, 0.05) is 12.4 Å². The third-order valence-corrected chi connectivity index (χ3v) is 2.14. The summed E-state index contributed by atoms with van der Waals surface area (Å²) in [4.78, 5) is 0. The van der Waals surface area contributed by atoms with E-state index in [0.717, 1.165) is 0 Å². The highest BCUT2D eigenvalue weighted by atomic mass is 15.5. The Hall–Kier alpha value is -1.70. The fourth-order valence-corrected chi connectivity index (χ4v) is 1.48. The average Bonchev–Trinajstić information content (AvgIpc) is 2.67. The molecule has 1 unspecified atom stereocenters. The lowest BCUT2D eigenvalue weighted by Crippen LogP contribution is -2.26. The minimum atomic E-state index is 0.277. The Morgan fingerprint density at radius 2 is 2.08 bits per heavy atom. The van der Waals surface area contributed by atoms with E-state index in [0.29, 0.717) is 0 Å². The van der Waals surface area contributed by atoms with Gasteiger partial charge in [-0.1, -0.05) is 36.9 Å². The molecule has 1 atom stereocenters. The van der Waals surface area contributed by atoms with Crippen LogP contribution in [0.2, 0.25) is 0 Å². The first-order valence-electron chi connectivity index (χ1n) is 4.30. The Balaban J connectivity index is 2.26. The smallest absolute Gasteiger partial charge is 0.0944 e. The van der Waals surface area contributed by atoms with Crippen LogP contribution in [0.5, 0.6) is 0 Å². The van der Waals surface area contributed by atoms with E-state index in [1.807, 2.05) is 29.4 Å². The van der Waals surface area contributed by atoms with Gasteiger partial charge in [0.25, 0.3) is 0 Å². The van der Waals surface area contributed by atoms with E-state index in [4.69, 9.17) is 0 Å². The zero-order valence-corrected chi connectivity index (χ0v) is 7.35. The third-order valence-electron chi connectivity index (χ3n) is 2.14. The lowest BCUT2D eigenvalue weighted by molar-refractivity contribution is 0.297. The van der Waals surface area contributed by atoms with Crippen LogP contribution in [-0.2, 0) is 0 Å². The SMILES string of the molecule is C=CN1NC=CC1c1ccccc1. The fraction of sp³-hybridized carbons (Fsp3) is 0.0909. The zero-order chi connectivity index (χ0) is 9.10. The van der Waals surface area contributed by atoms with Gasteiger partial charge in [-0.15, -0.1) is 0 Å². The molecular formula is C11H12N2. The molecule has 1 aromatic rings. The largest absolute Gasteiger partial charge is 0.306 e. The van der Waals surface area contributed by atoms with Crippen LogP contribution in [0.1, 0.15) is 11.6 Å². The van der Waals surface area contributed by atoms with Gasteiger partial charge in [0.2, 0.25) is 0 Å². The quantitative estimate of drug-likeness (QED) is 0.735. The Morgan fingerprint density at radius 3 is 2.77 bits per heavy atom. The number of benzene rings is 1. The van der Waals surface area contributed by atoms with Gasteiger partial charge < -0.3 is 5.43 Å². The van der Waals surface area contributed by atoms with Gasteiger partial charge in [-0.3, -0.25) is 5.01 Å². The Kier molecular flexibility index (Phi) is 2.04. The van der Waals surface area contributed by atoms with Crippen molar-refractivity contribution < 1.29 is 0 Å². The number of rotatable bonds is 2. The minimum absolute atomic E-state index is 0.277. The molecule has 2 nitrogen and oxygen atoms in total. The lowest BCUT2D eigenvalue weighted by Gasteiger charge is -2.22. The molecule has 2 heteroatoms. The van der Waals surface area contributed by atoms with E-state index in [2.05, 4.69) is 30.2 Å². The maximum absolute atomic E-state index is 3.74. The van der Waals surface area contributed by atoms with E-state index in [9.17, 15) is 0 Å². The monoisotopic (exact) mass is 172 g/mol. The summed E-state index contributed by atoms with van der Waals surface area (Å²) in [6.45, 7) is 3.74. The van der Waals surface area contributed by atoms with Crippen molar-refractivity contribution in [3.05, 3.63) is 61.0 Å². The zero-order valence-electron chi connectivity index (χ0n) is 7.35. The molecule has 0 amide bonds. The van der Waals surface area contributed by atoms with Gasteiger partial charge in [-0.25, -0.2) is 0 Å². The lowest BCUT2D eigenvalue weighted by atomic mass is 10.1. The van der Waals surface area contributed by atoms with Crippen LogP contribution in [0.25, 0.3) is 0 Å². The molecule has 2 rings (SSSR count). The third kappa shape index (κ3) is 1.43. The predicted octanol–water partition coefficient (Wildman–Crippen LogP) is 2.21. The molecule has 1 aliphatic rings. The maximum Gasteiger partial charge on any atom is 0.0944 e. The summed E-state index contributed by atoms with van der Waals surface area (Å²) < 4.78 is 0. The molecule has 0 spiro atoms. The number of hydrazine groups is 1. The second-order valence-electron chi connectivity index (χ2n) is 2.93. The molecule has 0 saturated heterocycles. The number of nitrogens with zero attached hydrogens (tertiary/aromatic N) is 1. The van der Waals surface area contributed by atoms with Crippen molar-refractivity contribution in [2.75, 3.05) is 0 Å². The van der Waals surface area contributed by atoms with Crippen molar-refractivity contribution in [1.82, 2.24) is 10.4 Å². The van der Waals surface area contributed by atoms with Crippen molar-refractivity contribution >= 4 is 0 Å². The molecule has 0 radical (unpaired) electrons. The minimum Gasteiger partial charge on any atom is -0.306 e. The Labute approximate surface area is 78.2 Å². The van der Waals surface area contributed by atoms with Gasteiger partial charge in [-0.05, 0) is 11.6 Å². The van der Waals surface area contributed by atoms with Gasteiger partial charge in [0.1, 0.15) is 0 Å². The van der Waals surface area contributed by atoms with Gasteiger partial charge >= 0.3 is 0 Å². The highest BCUT2D eigenvalue weighted by molar-refractivity contribution is 5.25. The molecule has 0 fully saturated rings. The molecule has 13 heavy (non-hydrogen) atoms. The molecule has 1 aliphatic heterocycles. The summed E-state index contributed by atoms with van der Waals surface area (Å²) >= 11 is 0. The second-order valence-corrected chi connectivity index (χ2v) is 2.93. The predicted molar refractivity (Wildman–Crippen MR) is 53.5 cm³/mol. The van der Waals surface area contributed by atoms with Crippen molar-refractivity contribution in [3.8, 4) is 0 Å². The van der Waals surface area contributed by atoms with Crippen molar-refractivity contribution in [3.63, 3.8) is 0 Å². The molecule has 66 valence electrons. The highest BCUT2D eigenvalue weighted by Gasteiger charge is 2.16. The fourth-order valence-electron chi connectivity index (χ4n) is 1.48. The summed E-state index contributed by atoms with van der Waals surface area (Å²) in [5.41, 5.74) is 4.36. The number of hydrogen-bond acceptors (Lipinski definition) is 2. The van der Waals surface area contributed by atoms with Crippen LogP contribution in [0.3, 0.4) is 0 Å². The van der Waals surface area contributed by atoms with Crippen LogP contribution >= 0.6 is 0 Å². The number of nitrogens with one attached hydrogen (secondary N) is 1.